The number of ether oxygens (including phenoxy) is 1. The van der Waals surface area contributed by atoms with Gasteiger partial charge in [0.2, 0.25) is 0 Å². The summed E-state index contributed by atoms with van der Waals surface area (Å²) in [7, 11) is -2.06. The van der Waals surface area contributed by atoms with Crippen molar-refractivity contribution in [2.45, 2.75) is 37.7 Å². The van der Waals surface area contributed by atoms with Gasteiger partial charge in [-0.2, -0.15) is 0 Å². The normalized spacial score (nSPS) is 12.4. The van der Waals surface area contributed by atoms with Crippen molar-refractivity contribution < 1.29 is 23.1 Å². The van der Waals surface area contributed by atoms with Gasteiger partial charge in [-0.1, -0.05) is 15.9 Å². The molecule has 1 aromatic rings. The fraction of sp³-hybridized carbons (Fsp3) is 0.500. The molecule has 0 heterocycles. The average molecular weight is 379 g/mol. The number of rotatable bonds is 6. The van der Waals surface area contributed by atoms with Crippen LogP contribution in [0.5, 0.6) is 0 Å². The van der Waals surface area contributed by atoms with Crippen LogP contribution in [0.1, 0.15) is 36.2 Å². The van der Waals surface area contributed by atoms with Crippen molar-refractivity contribution in [3.05, 3.63) is 27.7 Å². The van der Waals surface area contributed by atoms with E-state index in [1.54, 1.807) is 20.8 Å². The molecule has 1 N–H and O–H groups in total. The quantitative estimate of drug-likeness (QED) is 0.822. The lowest BCUT2D eigenvalue weighted by molar-refractivity contribution is 0.0203. The lowest BCUT2D eigenvalue weighted by atomic mass is 10.1. The molecule has 5 nitrogen and oxygen atoms in total. The van der Waals surface area contributed by atoms with Crippen LogP contribution in [-0.4, -0.2) is 38.0 Å². The fourth-order valence-corrected chi connectivity index (χ4v) is 4.15. The lowest BCUT2D eigenvalue weighted by Crippen LogP contribution is -2.26. The molecule has 0 aliphatic heterocycles. The van der Waals surface area contributed by atoms with Crippen LogP contribution in [0, 0.1) is 6.92 Å². The summed E-state index contributed by atoms with van der Waals surface area (Å²) in [4.78, 5) is 11.1. The van der Waals surface area contributed by atoms with Crippen LogP contribution in [0.25, 0.3) is 0 Å². The van der Waals surface area contributed by atoms with Gasteiger partial charge in [-0.3, -0.25) is 0 Å². The maximum absolute atomic E-state index is 12.5. The molecule has 0 unspecified atom stereocenters. The van der Waals surface area contributed by atoms with Crippen LogP contribution < -0.4 is 0 Å². The molecule has 0 spiro atoms. The third kappa shape index (κ3) is 4.52. The predicted molar refractivity (Wildman–Crippen MR) is 83.6 cm³/mol. The Kier molecular flexibility index (Phi) is 5.57. The Hall–Kier alpha value is -0.920. The van der Waals surface area contributed by atoms with E-state index in [0.29, 0.717) is 16.5 Å². The third-order valence-electron chi connectivity index (χ3n) is 3.40. The molecule has 0 fully saturated rings. The number of sulfone groups is 1. The number of carboxylic acid groups (broad SMARTS) is 1. The molecular weight excluding hydrogens is 360 g/mol. The van der Waals surface area contributed by atoms with E-state index in [4.69, 9.17) is 9.84 Å². The van der Waals surface area contributed by atoms with Crippen molar-refractivity contribution in [1.29, 1.82) is 0 Å². The Morgan fingerprint density at radius 2 is 1.95 bits per heavy atom. The van der Waals surface area contributed by atoms with Gasteiger partial charge in [0, 0.05) is 11.6 Å². The number of aromatic carboxylic acids is 1. The minimum Gasteiger partial charge on any atom is -0.478 e. The number of benzene rings is 1. The molecule has 0 aliphatic carbocycles. The number of halogens is 1. The lowest BCUT2D eigenvalue weighted by Gasteiger charge is -2.22. The van der Waals surface area contributed by atoms with E-state index in [1.807, 2.05) is 0 Å². The maximum atomic E-state index is 12.5. The molecule has 1 aromatic carbocycles. The van der Waals surface area contributed by atoms with Crippen molar-refractivity contribution in [3.63, 3.8) is 0 Å². The summed E-state index contributed by atoms with van der Waals surface area (Å²) in [5, 5.41) is 9.05. The minimum absolute atomic E-state index is 0.0428. The molecule has 0 radical (unpaired) electrons. The van der Waals surface area contributed by atoms with Crippen LogP contribution in [0.4, 0.5) is 0 Å². The van der Waals surface area contributed by atoms with Crippen molar-refractivity contribution >= 4 is 31.7 Å². The standard InChI is InChI=1S/C14H19BrO5S/c1-9-11(15)7-10(13(16)17)8-12(9)21(18,19)6-5-14(2,3)20-4/h7-8H,5-6H2,1-4H3,(H,16,17). The number of carbonyl (C=O) groups is 1. The van der Waals surface area contributed by atoms with Gasteiger partial charge in [0.15, 0.2) is 9.84 Å². The zero-order valence-corrected chi connectivity index (χ0v) is 14.8. The van der Waals surface area contributed by atoms with Crippen LogP contribution >= 0.6 is 15.9 Å². The van der Waals surface area contributed by atoms with Crippen molar-refractivity contribution in [2.75, 3.05) is 12.9 Å². The Balaban J connectivity index is 3.22. The summed E-state index contributed by atoms with van der Waals surface area (Å²) in [6.45, 7) is 5.25. The highest BCUT2D eigenvalue weighted by atomic mass is 79.9. The predicted octanol–water partition coefficient (Wildman–Crippen LogP) is 3.04. The van der Waals surface area contributed by atoms with Gasteiger partial charge in [-0.05, 0) is 44.9 Å². The molecule has 0 aromatic heterocycles. The second kappa shape index (κ2) is 6.46. The summed E-state index contributed by atoms with van der Waals surface area (Å²) < 4.78 is 30.6. The second-order valence-electron chi connectivity index (χ2n) is 5.42. The van der Waals surface area contributed by atoms with Crippen LogP contribution in [0.2, 0.25) is 0 Å². The van der Waals surface area contributed by atoms with E-state index in [0.717, 1.165) is 0 Å². The van der Waals surface area contributed by atoms with Crippen LogP contribution in [0.15, 0.2) is 21.5 Å². The van der Waals surface area contributed by atoms with Crippen molar-refractivity contribution in [3.8, 4) is 0 Å². The first-order chi connectivity index (χ1) is 9.50. The smallest absolute Gasteiger partial charge is 0.335 e. The highest BCUT2D eigenvalue weighted by Gasteiger charge is 2.25. The Morgan fingerprint density at radius 1 is 1.38 bits per heavy atom. The van der Waals surface area contributed by atoms with Crippen molar-refractivity contribution in [2.24, 2.45) is 0 Å². The number of carboxylic acids is 1. The van der Waals surface area contributed by atoms with E-state index in [2.05, 4.69) is 15.9 Å². The van der Waals surface area contributed by atoms with Crippen LogP contribution in [-0.2, 0) is 14.6 Å². The van der Waals surface area contributed by atoms with Crippen molar-refractivity contribution in [1.82, 2.24) is 0 Å². The van der Waals surface area contributed by atoms with Gasteiger partial charge in [-0.15, -0.1) is 0 Å². The van der Waals surface area contributed by atoms with Gasteiger partial charge in [0.1, 0.15) is 0 Å². The molecular formula is C14H19BrO5S. The molecule has 0 aliphatic rings. The minimum atomic E-state index is -3.59. The number of hydrogen-bond acceptors (Lipinski definition) is 4. The monoisotopic (exact) mass is 378 g/mol. The number of methoxy groups -OCH3 is 1. The summed E-state index contributed by atoms with van der Waals surface area (Å²) in [5.74, 6) is -1.27. The van der Waals surface area contributed by atoms with Gasteiger partial charge >= 0.3 is 5.97 Å². The molecule has 0 saturated heterocycles. The largest absolute Gasteiger partial charge is 0.478 e. The second-order valence-corrected chi connectivity index (χ2v) is 8.35. The zero-order chi connectivity index (χ0) is 16.4. The maximum Gasteiger partial charge on any atom is 0.335 e. The molecule has 7 heteroatoms. The molecule has 0 atom stereocenters. The molecule has 0 amide bonds. The fourth-order valence-electron chi connectivity index (χ4n) is 1.69. The molecule has 1 rings (SSSR count). The average Bonchev–Trinajstić information content (AvgIpc) is 2.39. The van der Waals surface area contributed by atoms with Gasteiger partial charge in [-0.25, -0.2) is 13.2 Å². The Labute approximate surface area is 133 Å². The number of hydrogen-bond donors (Lipinski definition) is 1. The highest BCUT2D eigenvalue weighted by molar-refractivity contribution is 9.10. The summed E-state index contributed by atoms with van der Waals surface area (Å²) in [5.41, 5.74) is -0.102. The van der Waals surface area contributed by atoms with Gasteiger partial charge < -0.3 is 9.84 Å². The molecule has 0 saturated carbocycles. The zero-order valence-electron chi connectivity index (χ0n) is 12.4. The molecule has 21 heavy (non-hydrogen) atoms. The highest BCUT2D eigenvalue weighted by Crippen LogP contribution is 2.28. The first kappa shape index (κ1) is 18.1. The Bertz CT molecular complexity index is 650. The van der Waals surface area contributed by atoms with E-state index < -0.39 is 21.4 Å². The van der Waals surface area contributed by atoms with Gasteiger partial charge in [0.25, 0.3) is 0 Å². The topological polar surface area (TPSA) is 80.7 Å². The van der Waals surface area contributed by atoms with E-state index >= 15 is 0 Å². The summed E-state index contributed by atoms with van der Waals surface area (Å²) in [6, 6.07) is 2.60. The van der Waals surface area contributed by atoms with E-state index in [-0.39, 0.29) is 16.2 Å². The van der Waals surface area contributed by atoms with E-state index in [1.165, 1.54) is 19.2 Å². The first-order valence-electron chi connectivity index (χ1n) is 6.31. The Morgan fingerprint density at radius 3 is 2.43 bits per heavy atom. The third-order valence-corrected chi connectivity index (χ3v) is 6.06. The molecule has 0 bridgehead atoms. The summed E-state index contributed by atoms with van der Waals surface area (Å²) in [6.07, 6.45) is 0.320. The summed E-state index contributed by atoms with van der Waals surface area (Å²) >= 11 is 3.21. The van der Waals surface area contributed by atoms with Gasteiger partial charge in [0.05, 0.1) is 21.8 Å². The SMILES string of the molecule is COC(C)(C)CCS(=O)(=O)c1cc(C(=O)O)cc(Br)c1C. The van der Waals surface area contributed by atoms with E-state index in [9.17, 15) is 13.2 Å². The first-order valence-corrected chi connectivity index (χ1v) is 8.76. The molecule has 118 valence electrons. The van der Waals surface area contributed by atoms with Crippen LogP contribution in [0.3, 0.4) is 0 Å².